The molecule has 0 aliphatic rings. The van der Waals surface area contributed by atoms with Crippen molar-refractivity contribution in [3.63, 3.8) is 0 Å². The lowest BCUT2D eigenvalue weighted by atomic mass is 10.2. The maximum absolute atomic E-state index is 11.9. The Morgan fingerprint density at radius 1 is 1.45 bits per heavy atom. The van der Waals surface area contributed by atoms with Gasteiger partial charge in [0.05, 0.1) is 18.6 Å². The quantitative estimate of drug-likeness (QED) is 0.781. The number of carbonyl (C=O) groups is 1. The number of anilines is 1. The van der Waals surface area contributed by atoms with E-state index in [1.807, 2.05) is 42.0 Å². The number of nitrogens with two attached hydrogens (primary N) is 1. The number of rotatable bonds is 8. The monoisotopic (exact) mass is 302 g/mol. The summed E-state index contributed by atoms with van der Waals surface area (Å²) in [5, 5.41) is 2.87. The van der Waals surface area contributed by atoms with Crippen LogP contribution in [-0.4, -0.2) is 28.1 Å². The van der Waals surface area contributed by atoms with Gasteiger partial charge in [0.15, 0.2) is 0 Å². The fourth-order valence-corrected chi connectivity index (χ4v) is 1.95. The van der Waals surface area contributed by atoms with Crippen molar-refractivity contribution in [3.8, 4) is 5.75 Å². The molecule has 6 heteroatoms. The molecule has 1 aromatic heterocycles. The molecular weight excluding hydrogens is 280 g/mol. The van der Waals surface area contributed by atoms with E-state index in [1.165, 1.54) is 0 Å². The zero-order chi connectivity index (χ0) is 15.8. The second-order valence-electron chi connectivity index (χ2n) is 5.21. The number of amides is 1. The first kappa shape index (κ1) is 16.0. The van der Waals surface area contributed by atoms with Crippen LogP contribution in [0.4, 0.5) is 5.69 Å². The highest BCUT2D eigenvalue weighted by atomic mass is 16.5. The van der Waals surface area contributed by atoms with Gasteiger partial charge >= 0.3 is 0 Å². The number of benzene rings is 1. The summed E-state index contributed by atoms with van der Waals surface area (Å²) in [6.07, 6.45) is 6.42. The summed E-state index contributed by atoms with van der Waals surface area (Å²) in [6.45, 7) is 3.09. The van der Waals surface area contributed by atoms with Crippen LogP contribution < -0.4 is 15.8 Å². The van der Waals surface area contributed by atoms with Crippen LogP contribution in [0.15, 0.2) is 43.0 Å². The molecule has 1 atom stereocenters. The fourth-order valence-electron chi connectivity index (χ4n) is 1.95. The molecule has 118 valence electrons. The molecular formula is C16H22N4O2. The van der Waals surface area contributed by atoms with Crippen LogP contribution in [0.5, 0.6) is 5.75 Å². The van der Waals surface area contributed by atoms with Gasteiger partial charge in [0.1, 0.15) is 12.4 Å². The minimum absolute atomic E-state index is 0.0208. The van der Waals surface area contributed by atoms with Crippen LogP contribution in [0, 0.1) is 0 Å². The maximum Gasteiger partial charge on any atom is 0.224 e. The molecule has 1 heterocycles. The van der Waals surface area contributed by atoms with E-state index in [0.29, 0.717) is 37.4 Å². The molecule has 0 saturated heterocycles. The highest BCUT2D eigenvalue weighted by molar-refractivity contribution is 5.92. The number of hydrogen-bond donors (Lipinski definition) is 2. The summed E-state index contributed by atoms with van der Waals surface area (Å²) in [4.78, 5) is 15.9. The molecule has 0 aliphatic carbocycles. The SMILES string of the molecule is CC(N)CCC(=O)Nc1ccccc1OCCn1ccnc1. The highest BCUT2D eigenvalue weighted by Gasteiger charge is 2.08. The fraction of sp³-hybridized carbons (Fsp3) is 0.375. The Balaban J connectivity index is 1.87. The van der Waals surface area contributed by atoms with E-state index in [4.69, 9.17) is 10.5 Å². The Kier molecular flexibility index (Phi) is 5.97. The number of nitrogens with zero attached hydrogens (tertiary/aromatic N) is 2. The van der Waals surface area contributed by atoms with Gasteiger partial charge in [-0.25, -0.2) is 4.98 Å². The summed E-state index contributed by atoms with van der Waals surface area (Å²) >= 11 is 0. The Hall–Kier alpha value is -2.34. The van der Waals surface area contributed by atoms with Crippen molar-refractivity contribution in [3.05, 3.63) is 43.0 Å². The molecule has 3 N–H and O–H groups in total. The third-order valence-electron chi connectivity index (χ3n) is 3.15. The molecule has 2 aromatic rings. The van der Waals surface area contributed by atoms with Crippen LogP contribution in [0.3, 0.4) is 0 Å². The van der Waals surface area contributed by atoms with Crippen molar-refractivity contribution in [1.29, 1.82) is 0 Å². The Bertz CT molecular complexity index is 582. The third kappa shape index (κ3) is 5.21. The number of imidazole rings is 1. The van der Waals surface area contributed by atoms with Crippen LogP contribution in [0.1, 0.15) is 19.8 Å². The van der Waals surface area contributed by atoms with Crippen molar-refractivity contribution in [2.24, 2.45) is 5.73 Å². The zero-order valence-corrected chi connectivity index (χ0v) is 12.7. The Morgan fingerprint density at radius 2 is 2.27 bits per heavy atom. The molecule has 0 saturated carbocycles. The van der Waals surface area contributed by atoms with Gasteiger partial charge in [0.25, 0.3) is 0 Å². The number of carbonyl (C=O) groups excluding carboxylic acids is 1. The largest absolute Gasteiger partial charge is 0.490 e. The first-order chi connectivity index (χ1) is 10.6. The van der Waals surface area contributed by atoms with Crippen LogP contribution in [0.2, 0.25) is 0 Å². The lowest BCUT2D eigenvalue weighted by Crippen LogP contribution is -2.19. The summed E-state index contributed by atoms with van der Waals surface area (Å²) in [7, 11) is 0. The standard InChI is InChI=1S/C16H22N4O2/c1-13(17)6-7-16(21)19-14-4-2-3-5-15(14)22-11-10-20-9-8-18-12-20/h2-5,8-9,12-13H,6-7,10-11,17H2,1H3,(H,19,21). The Morgan fingerprint density at radius 3 is 3.00 bits per heavy atom. The molecule has 22 heavy (non-hydrogen) atoms. The zero-order valence-electron chi connectivity index (χ0n) is 12.7. The van der Waals surface area contributed by atoms with Crippen molar-refractivity contribution < 1.29 is 9.53 Å². The predicted octanol–water partition coefficient (Wildman–Crippen LogP) is 2.03. The second-order valence-corrected chi connectivity index (χ2v) is 5.21. The first-order valence-electron chi connectivity index (χ1n) is 7.38. The van der Waals surface area contributed by atoms with Gasteiger partial charge in [-0.2, -0.15) is 0 Å². The topological polar surface area (TPSA) is 82.2 Å². The minimum Gasteiger partial charge on any atom is -0.490 e. The number of para-hydroxylation sites is 2. The number of aromatic nitrogens is 2. The highest BCUT2D eigenvalue weighted by Crippen LogP contribution is 2.24. The number of hydrogen-bond acceptors (Lipinski definition) is 4. The van der Waals surface area contributed by atoms with Crippen LogP contribution in [0.25, 0.3) is 0 Å². The molecule has 1 unspecified atom stereocenters. The van der Waals surface area contributed by atoms with Gasteiger partial charge in [0, 0.05) is 24.9 Å². The average Bonchev–Trinajstić information content (AvgIpc) is 3.00. The maximum atomic E-state index is 11.9. The van der Waals surface area contributed by atoms with Gasteiger partial charge in [-0.1, -0.05) is 12.1 Å². The second kappa shape index (κ2) is 8.19. The van der Waals surface area contributed by atoms with E-state index < -0.39 is 0 Å². The molecule has 0 fully saturated rings. The van der Waals surface area contributed by atoms with E-state index in [0.717, 1.165) is 0 Å². The van der Waals surface area contributed by atoms with Gasteiger partial charge in [-0.15, -0.1) is 0 Å². The number of ether oxygens (including phenoxy) is 1. The molecule has 0 radical (unpaired) electrons. The van der Waals surface area contributed by atoms with Crippen molar-refractivity contribution in [2.45, 2.75) is 32.4 Å². The molecule has 1 amide bonds. The summed E-state index contributed by atoms with van der Waals surface area (Å²) in [5.41, 5.74) is 6.35. The van der Waals surface area contributed by atoms with E-state index in [9.17, 15) is 4.79 Å². The van der Waals surface area contributed by atoms with E-state index in [1.54, 1.807) is 12.5 Å². The molecule has 6 nitrogen and oxygen atoms in total. The molecule has 0 aliphatic heterocycles. The summed E-state index contributed by atoms with van der Waals surface area (Å²) in [6, 6.07) is 7.44. The van der Waals surface area contributed by atoms with E-state index in [2.05, 4.69) is 10.3 Å². The van der Waals surface area contributed by atoms with E-state index >= 15 is 0 Å². The van der Waals surface area contributed by atoms with Crippen molar-refractivity contribution in [2.75, 3.05) is 11.9 Å². The smallest absolute Gasteiger partial charge is 0.224 e. The van der Waals surface area contributed by atoms with Crippen molar-refractivity contribution in [1.82, 2.24) is 9.55 Å². The van der Waals surface area contributed by atoms with Gasteiger partial charge < -0.3 is 20.4 Å². The van der Waals surface area contributed by atoms with Crippen molar-refractivity contribution >= 4 is 11.6 Å². The molecule has 0 bridgehead atoms. The minimum atomic E-state index is -0.0528. The third-order valence-corrected chi connectivity index (χ3v) is 3.15. The summed E-state index contributed by atoms with van der Waals surface area (Å²) in [5.74, 6) is 0.611. The van der Waals surface area contributed by atoms with Crippen LogP contribution in [-0.2, 0) is 11.3 Å². The average molecular weight is 302 g/mol. The van der Waals surface area contributed by atoms with Gasteiger partial charge in [0.2, 0.25) is 5.91 Å². The van der Waals surface area contributed by atoms with Gasteiger partial charge in [-0.05, 0) is 25.5 Å². The normalized spacial score (nSPS) is 11.9. The predicted molar refractivity (Wildman–Crippen MR) is 85.7 cm³/mol. The number of nitrogens with one attached hydrogen (secondary N) is 1. The Labute approximate surface area is 130 Å². The molecule has 2 rings (SSSR count). The molecule has 1 aromatic carbocycles. The summed E-state index contributed by atoms with van der Waals surface area (Å²) < 4.78 is 7.68. The van der Waals surface area contributed by atoms with Gasteiger partial charge in [-0.3, -0.25) is 4.79 Å². The molecule has 0 spiro atoms. The lowest BCUT2D eigenvalue weighted by Gasteiger charge is -2.13. The first-order valence-corrected chi connectivity index (χ1v) is 7.38. The van der Waals surface area contributed by atoms with E-state index in [-0.39, 0.29) is 11.9 Å². The van der Waals surface area contributed by atoms with Crippen LogP contribution >= 0.6 is 0 Å². The lowest BCUT2D eigenvalue weighted by molar-refractivity contribution is -0.116.